The predicted molar refractivity (Wildman–Crippen MR) is 53.3 cm³/mol. The molecule has 0 spiro atoms. The van der Waals surface area contributed by atoms with Crippen molar-refractivity contribution in [3.05, 3.63) is 35.4 Å². The highest BCUT2D eigenvalue weighted by molar-refractivity contribution is 6.67. The fourth-order valence-corrected chi connectivity index (χ4v) is 1.09. The third-order valence-electron chi connectivity index (χ3n) is 1.50. The summed E-state index contributed by atoms with van der Waals surface area (Å²) in [6, 6.07) is 5.43. The Bertz CT molecular complexity index is 428. The van der Waals surface area contributed by atoms with Gasteiger partial charge in [-0.2, -0.15) is 0 Å². The summed E-state index contributed by atoms with van der Waals surface area (Å²) in [6.07, 6.45) is 0. The maximum atomic E-state index is 11.1. The first-order chi connectivity index (χ1) is 7.00. The Morgan fingerprint density at radius 2 is 1.67 bits per heavy atom. The largest absolute Gasteiger partial charge is 0.411 e. The normalized spacial score (nSPS) is 9.47. The molecule has 0 N–H and O–H groups in total. The van der Waals surface area contributed by atoms with Crippen molar-refractivity contribution in [1.82, 2.24) is 0 Å². The van der Waals surface area contributed by atoms with E-state index in [1.807, 2.05) is 0 Å². The first kappa shape index (κ1) is 11.7. The number of halogens is 2. The Hall–Kier alpha value is -1.39. The summed E-state index contributed by atoms with van der Waals surface area (Å²) >= 11 is 10.1. The van der Waals surface area contributed by atoms with Crippen molar-refractivity contribution in [3.63, 3.8) is 0 Å². The maximum absolute atomic E-state index is 11.1. The zero-order chi connectivity index (χ0) is 11.4. The molecule has 0 atom stereocenters. The van der Waals surface area contributed by atoms with E-state index in [0.717, 1.165) is 0 Å². The number of rotatable bonds is 2. The lowest BCUT2D eigenvalue weighted by Crippen LogP contribution is -2.07. The van der Waals surface area contributed by atoms with Crippen LogP contribution in [0, 0.1) is 0 Å². The molecule has 1 aromatic rings. The molecular weight excluding hydrogens is 243 g/mol. The van der Waals surface area contributed by atoms with Crippen LogP contribution in [0.25, 0.3) is 0 Å². The third kappa shape index (κ3) is 3.34. The number of carbonyl (C=O) groups is 3. The average molecular weight is 247 g/mol. The quantitative estimate of drug-likeness (QED) is 0.457. The molecule has 1 aromatic carbocycles. The van der Waals surface area contributed by atoms with E-state index < -0.39 is 16.6 Å². The topological polar surface area (TPSA) is 60.4 Å². The Labute approximate surface area is 94.7 Å². The first-order valence-corrected chi connectivity index (χ1v) is 4.48. The summed E-state index contributed by atoms with van der Waals surface area (Å²) in [7, 11) is 0. The number of ether oxygens (including phenoxy) is 1. The van der Waals surface area contributed by atoms with Gasteiger partial charge in [-0.1, -0.05) is 12.1 Å². The van der Waals surface area contributed by atoms with Crippen molar-refractivity contribution < 1.29 is 19.1 Å². The molecule has 0 radical (unpaired) electrons. The standard InChI is InChI=1S/C9H4Cl2O4/c10-7(12)5-2-1-3-6(4-5)8(13)15-9(11)14/h1-4H. The molecule has 78 valence electrons. The summed E-state index contributed by atoms with van der Waals surface area (Å²) in [4.78, 5) is 32.2. The van der Waals surface area contributed by atoms with Crippen molar-refractivity contribution in [2.24, 2.45) is 0 Å². The van der Waals surface area contributed by atoms with Crippen molar-refractivity contribution >= 4 is 39.8 Å². The minimum absolute atomic E-state index is 0.0236. The SMILES string of the molecule is O=C(Cl)OC(=O)c1cccc(C(=O)Cl)c1. The van der Waals surface area contributed by atoms with Crippen LogP contribution in [0.4, 0.5) is 4.79 Å². The van der Waals surface area contributed by atoms with Gasteiger partial charge in [0.05, 0.1) is 5.56 Å². The highest BCUT2D eigenvalue weighted by Crippen LogP contribution is 2.09. The van der Waals surface area contributed by atoms with E-state index in [4.69, 9.17) is 23.2 Å². The van der Waals surface area contributed by atoms with Gasteiger partial charge in [0.25, 0.3) is 5.24 Å². The second kappa shape index (κ2) is 4.91. The van der Waals surface area contributed by atoms with Crippen LogP contribution < -0.4 is 0 Å². The molecule has 6 heteroatoms. The van der Waals surface area contributed by atoms with Crippen molar-refractivity contribution in [2.45, 2.75) is 0 Å². The molecule has 0 bridgehead atoms. The minimum Gasteiger partial charge on any atom is -0.377 e. The molecule has 0 fully saturated rings. The van der Waals surface area contributed by atoms with Gasteiger partial charge < -0.3 is 4.74 Å². The molecule has 0 aliphatic heterocycles. The molecule has 0 aliphatic carbocycles. The molecule has 0 aromatic heterocycles. The van der Waals surface area contributed by atoms with E-state index in [2.05, 4.69) is 4.74 Å². The van der Waals surface area contributed by atoms with Gasteiger partial charge in [-0.3, -0.25) is 4.79 Å². The molecule has 0 saturated carbocycles. The van der Waals surface area contributed by atoms with Crippen LogP contribution in [0.1, 0.15) is 20.7 Å². The maximum Gasteiger partial charge on any atom is 0.411 e. The molecule has 0 unspecified atom stereocenters. The van der Waals surface area contributed by atoms with Gasteiger partial charge >= 0.3 is 11.4 Å². The highest BCUT2D eigenvalue weighted by atomic mass is 35.5. The lowest BCUT2D eigenvalue weighted by molar-refractivity contribution is 0.0662. The lowest BCUT2D eigenvalue weighted by atomic mass is 10.1. The van der Waals surface area contributed by atoms with E-state index in [0.29, 0.717) is 0 Å². The van der Waals surface area contributed by atoms with Crippen LogP contribution in [0.15, 0.2) is 24.3 Å². The molecule has 1 rings (SSSR count). The summed E-state index contributed by atoms with van der Waals surface area (Å²) in [6.45, 7) is 0. The van der Waals surface area contributed by atoms with E-state index in [1.165, 1.54) is 24.3 Å². The molecule has 15 heavy (non-hydrogen) atoms. The number of hydrogen-bond donors (Lipinski definition) is 0. The zero-order valence-corrected chi connectivity index (χ0v) is 8.71. The molecule has 4 nitrogen and oxygen atoms in total. The summed E-state index contributed by atoms with van der Waals surface area (Å²) in [5, 5.41) is -0.707. The van der Waals surface area contributed by atoms with Crippen LogP contribution in [-0.4, -0.2) is 16.6 Å². The van der Waals surface area contributed by atoms with Crippen molar-refractivity contribution in [1.29, 1.82) is 0 Å². The van der Waals surface area contributed by atoms with E-state index in [9.17, 15) is 14.4 Å². The van der Waals surface area contributed by atoms with Crippen LogP contribution in [-0.2, 0) is 4.74 Å². The first-order valence-electron chi connectivity index (χ1n) is 3.72. The Morgan fingerprint density at radius 1 is 1.07 bits per heavy atom. The van der Waals surface area contributed by atoms with Gasteiger partial charge in [-0.25, -0.2) is 9.59 Å². The Balaban J connectivity index is 2.95. The van der Waals surface area contributed by atoms with Gasteiger partial charge in [0.2, 0.25) is 0 Å². The predicted octanol–water partition coefficient (Wildman–Crippen LogP) is 2.58. The van der Waals surface area contributed by atoms with Gasteiger partial charge in [0.15, 0.2) is 0 Å². The van der Waals surface area contributed by atoms with E-state index in [-0.39, 0.29) is 11.1 Å². The molecule has 0 saturated heterocycles. The second-order valence-electron chi connectivity index (χ2n) is 2.48. The van der Waals surface area contributed by atoms with Gasteiger partial charge in [0, 0.05) is 17.2 Å². The Kier molecular flexibility index (Phi) is 3.82. The molecule has 0 amide bonds. The number of esters is 1. The van der Waals surface area contributed by atoms with Crippen LogP contribution >= 0.6 is 23.2 Å². The van der Waals surface area contributed by atoms with Gasteiger partial charge in [0.1, 0.15) is 0 Å². The van der Waals surface area contributed by atoms with Crippen LogP contribution in [0.2, 0.25) is 0 Å². The number of hydrogen-bond acceptors (Lipinski definition) is 4. The molecule has 0 aliphatic rings. The van der Waals surface area contributed by atoms with Crippen molar-refractivity contribution in [3.8, 4) is 0 Å². The molecule has 0 heterocycles. The number of carbonyl (C=O) groups excluding carboxylic acids is 3. The van der Waals surface area contributed by atoms with E-state index in [1.54, 1.807) is 0 Å². The van der Waals surface area contributed by atoms with Gasteiger partial charge in [-0.15, -0.1) is 0 Å². The fourth-order valence-electron chi connectivity index (χ4n) is 0.900. The minimum atomic E-state index is -1.23. The average Bonchev–Trinajstić information content (AvgIpc) is 2.17. The fraction of sp³-hybridized carbons (Fsp3) is 0. The highest BCUT2D eigenvalue weighted by Gasteiger charge is 2.12. The lowest BCUT2D eigenvalue weighted by Gasteiger charge is -1.99. The second-order valence-corrected chi connectivity index (χ2v) is 3.13. The third-order valence-corrected chi connectivity index (χ3v) is 1.79. The zero-order valence-electron chi connectivity index (χ0n) is 7.20. The van der Waals surface area contributed by atoms with Crippen molar-refractivity contribution in [2.75, 3.05) is 0 Å². The Morgan fingerprint density at radius 3 is 2.20 bits per heavy atom. The molecular formula is C9H4Cl2O4. The smallest absolute Gasteiger partial charge is 0.377 e. The summed E-state index contributed by atoms with van der Waals surface area (Å²) in [5.41, 5.74) is -1.08. The van der Waals surface area contributed by atoms with E-state index >= 15 is 0 Å². The monoisotopic (exact) mass is 246 g/mol. The summed E-state index contributed by atoms with van der Waals surface area (Å²) < 4.78 is 4.10. The van der Waals surface area contributed by atoms with Crippen LogP contribution in [0.3, 0.4) is 0 Å². The van der Waals surface area contributed by atoms with Gasteiger partial charge in [-0.05, 0) is 23.7 Å². The number of benzene rings is 1. The van der Waals surface area contributed by atoms with Crippen LogP contribution in [0.5, 0.6) is 0 Å². The summed E-state index contributed by atoms with van der Waals surface area (Å²) in [5.74, 6) is -0.935.